The topological polar surface area (TPSA) is 20.3 Å². The highest BCUT2D eigenvalue weighted by molar-refractivity contribution is 5.97. The van der Waals surface area contributed by atoms with Crippen LogP contribution in [0.5, 0.6) is 0 Å². The van der Waals surface area contributed by atoms with E-state index in [0.717, 1.165) is 31.5 Å². The van der Waals surface area contributed by atoms with Gasteiger partial charge in [0.25, 0.3) is 5.91 Å². The predicted molar refractivity (Wildman–Crippen MR) is 81.9 cm³/mol. The quantitative estimate of drug-likeness (QED) is 0.658. The number of hydrogen-bond acceptors (Lipinski definition) is 1. The predicted octanol–water partition coefficient (Wildman–Crippen LogP) is 4.18. The standard InChI is InChI=1S/C17H29NO/c1-13(2)11-18(12-14(3)4)17(19)15(5)16-9-7-6-8-10-16/h9,13-14H,5-8,10-12H2,1-4H3. The average molecular weight is 263 g/mol. The first kappa shape index (κ1) is 16.0. The lowest BCUT2D eigenvalue weighted by molar-refractivity contribution is -0.127. The van der Waals surface area contributed by atoms with Crippen molar-refractivity contribution in [2.45, 2.75) is 53.4 Å². The van der Waals surface area contributed by atoms with Gasteiger partial charge in [-0.25, -0.2) is 0 Å². The maximum absolute atomic E-state index is 12.6. The van der Waals surface area contributed by atoms with Crippen LogP contribution < -0.4 is 0 Å². The summed E-state index contributed by atoms with van der Waals surface area (Å²) in [6, 6.07) is 0. The van der Waals surface area contributed by atoms with E-state index in [-0.39, 0.29) is 5.91 Å². The molecule has 0 unspecified atom stereocenters. The summed E-state index contributed by atoms with van der Waals surface area (Å²) in [5.74, 6) is 1.13. The van der Waals surface area contributed by atoms with Crippen LogP contribution in [0.2, 0.25) is 0 Å². The molecular formula is C17H29NO. The summed E-state index contributed by atoms with van der Waals surface area (Å²) >= 11 is 0. The molecule has 1 amide bonds. The normalized spacial score (nSPS) is 15.6. The minimum absolute atomic E-state index is 0.135. The lowest BCUT2D eigenvalue weighted by Crippen LogP contribution is -2.38. The van der Waals surface area contributed by atoms with Crippen LogP contribution in [-0.2, 0) is 4.79 Å². The molecule has 0 atom stereocenters. The van der Waals surface area contributed by atoms with Crippen molar-refractivity contribution in [1.82, 2.24) is 4.90 Å². The Hall–Kier alpha value is -1.05. The summed E-state index contributed by atoms with van der Waals surface area (Å²) in [4.78, 5) is 14.6. The van der Waals surface area contributed by atoms with Crippen LogP contribution in [0.4, 0.5) is 0 Å². The average Bonchev–Trinajstić information content (AvgIpc) is 2.36. The maximum Gasteiger partial charge on any atom is 0.253 e. The molecule has 1 aliphatic carbocycles. The molecular weight excluding hydrogens is 234 g/mol. The number of amides is 1. The Morgan fingerprint density at radius 3 is 2.21 bits per heavy atom. The number of hydrogen-bond donors (Lipinski definition) is 0. The van der Waals surface area contributed by atoms with Crippen molar-refractivity contribution < 1.29 is 4.79 Å². The van der Waals surface area contributed by atoms with Gasteiger partial charge < -0.3 is 4.90 Å². The van der Waals surface area contributed by atoms with E-state index < -0.39 is 0 Å². The molecule has 2 nitrogen and oxygen atoms in total. The van der Waals surface area contributed by atoms with Crippen molar-refractivity contribution >= 4 is 5.91 Å². The van der Waals surface area contributed by atoms with Crippen LogP contribution in [0.3, 0.4) is 0 Å². The molecule has 2 heteroatoms. The van der Waals surface area contributed by atoms with Gasteiger partial charge in [-0.3, -0.25) is 4.79 Å². The lowest BCUT2D eigenvalue weighted by atomic mass is 9.93. The molecule has 0 spiro atoms. The van der Waals surface area contributed by atoms with Crippen LogP contribution in [0.15, 0.2) is 23.8 Å². The first-order valence-corrected chi connectivity index (χ1v) is 7.59. The van der Waals surface area contributed by atoms with E-state index in [4.69, 9.17) is 0 Å². The van der Waals surface area contributed by atoms with E-state index in [0.29, 0.717) is 11.8 Å². The summed E-state index contributed by atoms with van der Waals surface area (Å²) in [5.41, 5.74) is 1.90. The van der Waals surface area contributed by atoms with E-state index in [9.17, 15) is 4.79 Å². The molecule has 0 N–H and O–H groups in total. The Balaban J connectivity index is 2.74. The van der Waals surface area contributed by atoms with Gasteiger partial charge >= 0.3 is 0 Å². The van der Waals surface area contributed by atoms with Gasteiger partial charge in [-0.15, -0.1) is 0 Å². The Labute approximate surface area is 118 Å². The smallest absolute Gasteiger partial charge is 0.253 e. The minimum Gasteiger partial charge on any atom is -0.338 e. The SMILES string of the molecule is C=C(C(=O)N(CC(C)C)CC(C)C)C1=CCCCC1. The molecule has 1 aliphatic rings. The van der Waals surface area contributed by atoms with E-state index >= 15 is 0 Å². The molecule has 0 aromatic carbocycles. The van der Waals surface area contributed by atoms with Crippen molar-refractivity contribution in [2.75, 3.05) is 13.1 Å². The highest BCUT2D eigenvalue weighted by Gasteiger charge is 2.21. The molecule has 0 saturated heterocycles. The van der Waals surface area contributed by atoms with Crippen LogP contribution in [-0.4, -0.2) is 23.9 Å². The second-order valence-corrected chi connectivity index (χ2v) is 6.45. The fraction of sp³-hybridized carbons (Fsp3) is 0.706. The number of allylic oxidation sites excluding steroid dienone is 1. The van der Waals surface area contributed by atoms with Crippen LogP contribution in [0.25, 0.3) is 0 Å². The molecule has 0 fully saturated rings. The number of rotatable bonds is 6. The monoisotopic (exact) mass is 263 g/mol. The molecule has 19 heavy (non-hydrogen) atoms. The molecule has 0 bridgehead atoms. The zero-order valence-electron chi connectivity index (χ0n) is 13.0. The van der Waals surface area contributed by atoms with Gasteiger partial charge in [0.1, 0.15) is 0 Å². The maximum atomic E-state index is 12.6. The van der Waals surface area contributed by atoms with E-state index in [1.165, 1.54) is 18.4 Å². The van der Waals surface area contributed by atoms with Crippen molar-refractivity contribution in [2.24, 2.45) is 11.8 Å². The third-order valence-corrected chi connectivity index (χ3v) is 3.40. The molecule has 0 aromatic rings. The van der Waals surface area contributed by atoms with E-state index in [2.05, 4.69) is 40.3 Å². The highest BCUT2D eigenvalue weighted by Crippen LogP contribution is 2.24. The van der Waals surface area contributed by atoms with Crippen molar-refractivity contribution in [3.05, 3.63) is 23.8 Å². The van der Waals surface area contributed by atoms with Crippen molar-refractivity contribution in [3.8, 4) is 0 Å². The number of carbonyl (C=O) groups excluding carboxylic acids is 1. The molecule has 0 radical (unpaired) electrons. The second-order valence-electron chi connectivity index (χ2n) is 6.45. The summed E-state index contributed by atoms with van der Waals surface area (Å²) in [6.07, 6.45) is 6.74. The van der Waals surface area contributed by atoms with Gasteiger partial charge in [0, 0.05) is 18.7 Å². The fourth-order valence-electron chi connectivity index (χ4n) is 2.56. The van der Waals surface area contributed by atoms with Gasteiger partial charge in [0.15, 0.2) is 0 Å². The molecule has 1 rings (SSSR count). The minimum atomic E-state index is 0.135. The van der Waals surface area contributed by atoms with Crippen LogP contribution in [0.1, 0.15) is 53.4 Å². The van der Waals surface area contributed by atoms with Gasteiger partial charge in [-0.2, -0.15) is 0 Å². The van der Waals surface area contributed by atoms with E-state index in [1.54, 1.807) is 0 Å². The summed E-state index contributed by atoms with van der Waals surface area (Å²) in [5, 5.41) is 0. The van der Waals surface area contributed by atoms with Crippen LogP contribution in [0, 0.1) is 11.8 Å². The summed E-state index contributed by atoms with van der Waals surface area (Å²) in [7, 11) is 0. The van der Waals surface area contributed by atoms with Gasteiger partial charge in [0.2, 0.25) is 0 Å². The Morgan fingerprint density at radius 2 is 1.79 bits per heavy atom. The van der Waals surface area contributed by atoms with Gasteiger partial charge in [0.05, 0.1) is 0 Å². The first-order chi connectivity index (χ1) is 8.91. The Bertz CT molecular complexity index is 342. The summed E-state index contributed by atoms with van der Waals surface area (Å²) in [6.45, 7) is 14.3. The highest BCUT2D eigenvalue weighted by atomic mass is 16.2. The van der Waals surface area contributed by atoms with Crippen molar-refractivity contribution in [1.29, 1.82) is 0 Å². The summed E-state index contributed by atoms with van der Waals surface area (Å²) < 4.78 is 0. The molecule has 0 heterocycles. The number of carbonyl (C=O) groups is 1. The Kier molecular flexibility index (Phi) is 6.33. The zero-order chi connectivity index (χ0) is 14.4. The largest absolute Gasteiger partial charge is 0.338 e. The van der Waals surface area contributed by atoms with Gasteiger partial charge in [-0.05, 0) is 43.1 Å². The fourth-order valence-corrected chi connectivity index (χ4v) is 2.56. The van der Waals surface area contributed by atoms with Crippen LogP contribution >= 0.6 is 0 Å². The molecule has 0 aliphatic heterocycles. The second kappa shape index (κ2) is 7.52. The third kappa shape index (κ3) is 5.22. The number of nitrogens with zero attached hydrogens (tertiary/aromatic N) is 1. The molecule has 108 valence electrons. The van der Waals surface area contributed by atoms with Gasteiger partial charge in [-0.1, -0.05) is 40.3 Å². The molecule has 0 aromatic heterocycles. The third-order valence-electron chi connectivity index (χ3n) is 3.40. The first-order valence-electron chi connectivity index (χ1n) is 7.59. The zero-order valence-corrected chi connectivity index (χ0v) is 13.0. The van der Waals surface area contributed by atoms with Crippen molar-refractivity contribution in [3.63, 3.8) is 0 Å². The molecule has 0 saturated carbocycles. The Morgan fingerprint density at radius 1 is 1.21 bits per heavy atom. The van der Waals surface area contributed by atoms with E-state index in [1.807, 2.05) is 4.90 Å². The lowest BCUT2D eigenvalue weighted by Gasteiger charge is -2.28.